The van der Waals surface area contributed by atoms with Crippen LogP contribution in [0.5, 0.6) is 0 Å². The van der Waals surface area contributed by atoms with Gasteiger partial charge < -0.3 is 56.5 Å². The number of nitrogens with one attached hydrogen (secondary N) is 1. The summed E-state index contributed by atoms with van der Waals surface area (Å²) in [5.41, 5.74) is 12.4. The summed E-state index contributed by atoms with van der Waals surface area (Å²) >= 11 is 0.907. The number of phosphoric ester groups is 2. The van der Waals surface area contributed by atoms with Gasteiger partial charge in [0.1, 0.15) is 58.9 Å². The molecule has 51 heavy (non-hydrogen) atoms. The zero-order valence-corrected chi connectivity index (χ0v) is 28.5. The van der Waals surface area contributed by atoms with Gasteiger partial charge in [0.05, 0.1) is 19.5 Å². The van der Waals surface area contributed by atoms with Gasteiger partial charge in [0.25, 0.3) is 5.91 Å². The number of nitrogens with two attached hydrogens (primary N) is 2. The molecular formula is C26H32N8O14P2S. The number of fused-ring (bicyclic) bond motifs is 1. The van der Waals surface area contributed by atoms with Crippen LogP contribution >= 0.6 is 27.0 Å². The highest BCUT2D eigenvalue weighted by molar-refractivity contribution is 7.61. The normalized spacial score (nSPS) is 28.8. The van der Waals surface area contributed by atoms with E-state index in [4.69, 9.17) is 30.0 Å². The predicted octanol–water partition coefficient (Wildman–Crippen LogP) is -0.692. The molecule has 25 heteroatoms. The minimum absolute atomic E-state index is 0.0135. The van der Waals surface area contributed by atoms with E-state index in [-0.39, 0.29) is 33.6 Å². The number of benzene rings is 1. The molecule has 2 aliphatic rings. The summed E-state index contributed by atoms with van der Waals surface area (Å²) in [6.45, 7) is -1.47. The van der Waals surface area contributed by atoms with Gasteiger partial charge in [0, 0.05) is 11.9 Å². The molecule has 1 aromatic carbocycles. The van der Waals surface area contributed by atoms with Crippen LogP contribution in [0, 0.1) is 0 Å². The number of carbonyl (C=O) groups is 1. The van der Waals surface area contributed by atoms with E-state index in [0.29, 0.717) is 6.54 Å². The number of ether oxygens (including phenoxy) is 2. The van der Waals surface area contributed by atoms with Crippen molar-refractivity contribution in [3.63, 3.8) is 0 Å². The highest BCUT2D eigenvalue weighted by atomic mass is 32.1. The molecule has 2 fully saturated rings. The molecule has 0 aliphatic carbocycles. The van der Waals surface area contributed by atoms with Crippen molar-refractivity contribution >= 4 is 55.8 Å². The van der Waals surface area contributed by atoms with Crippen molar-refractivity contribution in [1.29, 1.82) is 0 Å². The minimum Gasteiger partial charge on any atom is -0.387 e. The van der Waals surface area contributed by atoms with Crippen LogP contribution in [-0.2, 0) is 38.5 Å². The molecule has 4 aromatic rings. The third-order valence-corrected chi connectivity index (χ3v) is 11.3. The Bertz CT molecular complexity index is 1970. The van der Waals surface area contributed by atoms with Crippen molar-refractivity contribution in [1.82, 2.24) is 24.5 Å². The van der Waals surface area contributed by atoms with Crippen LogP contribution in [0.15, 0.2) is 42.0 Å². The van der Waals surface area contributed by atoms with E-state index >= 15 is 0 Å². The lowest BCUT2D eigenvalue weighted by atomic mass is 10.1. The van der Waals surface area contributed by atoms with Gasteiger partial charge in [-0.1, -0.05) is 30.3 Å². The number of hydrogen-bond acceptors (Lipinski definition) is 19. The molecule has 276 valence electrons. The fourth-order valence-corrected chi connectivity index (χ4v) is 8.18. The lowest BCUT2D eigenvalue weighted by Gasteiger charge is -2.20. The summed E-state index contributed by atoms with van der Waals surface area (Å²) in [7, 11) is -10.8. The molecule has 0 saturated carbocycles. The van der Waals surface area contributed by atoms with Gasteiger partial charge in [-0.05, 0) is 5.56 Å². The Labute approximate surface area is 290 Å². The number of aromatic nitrogens is 5. The Morgan fingerprint density at radius 1 is 0.941 bits per heavy atom. The molecule has 5 heterocycles. The number of carbonyl (C=O) groups excluding carboxylic acids is 1. The summed E-state index contributed by atoms with van der Waals surface area (Å²) in [5.74, 6) is -0.686. The quantitative estimate of drug-likeness (QED) is 0.0716. The lowest BCUT2D eigenvalue weighted by Crippen LogP contribution is -2.33. The SMILES string of the molecule is NC(=O)c1csc([C@@H]2O[C@H](COP(=O)(O)OP(=O)(O)OC[C@H]3O[C@@H](n4cnc5c(N)nc(NCc6ccccc6)nc54)[C@H](O)[C@@H]3O)[C@@H](O)[C@H]2O)n1. The molecule has 0 bridgehead atoms. The van der Waals surface area contributed by atoms with E-state index in [2.05, 4.69) is 29.6 Å². The van der Waals surface area contributed by atoms with Crippen molar-refractivity contribution in [2.45, 2.75) is 55.5 Å². The number of imidazole rings is 1. The number of nitrogen functional groups attached to an aromatic ring is 1. The lowest BCUT2D eigenvalue weighted by molar-refractivity contribution is -0.0507. The smallest absolute Gasteiger partial charge is 0.387 e. The van der Waals surface area contributed by atoms with E-state index < -0.39 is 83.7 Å². The maximum atomic E-state index is 12.6. The second kappa shape index (κ2) is 14.8. The molecule has 11 N–H and O–H groups in total. The second-order valence-corrected chi connectivity index (χ2v) is 15.2. The number of nitrogens with zero attached hydrogens (tertiary/aromatic N) is 5. The molecule has 0 spiro atoms. The van der Waals surface area contributed by atoms with Crippen molar-refractivity contribution in [2.75, 3.05) is 24.3 Å². The molecule has 6 rings (SSSR count). The van der Waals surface area contributed by atoms with Crippen LogP contribution in [0.1, 0.15) is 33.4 Å². The van der Waals surface area contributed by atoms with Crippen molar-refractivity contribution in [3.8, 4) is 0 Å². The van der Waals surface area contributed by atoms with E-state index in [1.54, 1.807) is 0 Å². The summed E-state index contributed by atoms with van der Waals surface area (Å²) in [4.78, 5) is 48.2. The first-order valence-corrected chi connectivity index (χ1v) is 18.7. The Hall–Kier alpha value is -3.51. The Balaban J connectivity index is 1.04. The summed E-state index contributed by atoms with van der Waals surface area (Å²) < 4.78 is 51.3. The third-order valence-electron chi connectivity index (χ3n) is 7.74. The number of aliphatic hydroxyl groups is 4. The Morgan fingerprint density at radius 2 is 1.59 bits per heavy atom. The number of primary amides is 1. The van der Waals surface area contributed by atoms with Gasteiger partial charge in [-0.15, -0.1) is 11.3 Å². The van der Waals surface area contributed by atoms with Crippen LogP contribution in [0.2, 0.25) is 0 Å². The minimum atomic E-state index is -5.41. The first-order chi connectivity index (χ1) is 24.1. The fourth-order valence-electron chi connectivity index (χ4n) is 5.21. The van der Waals surface area contributed by atoms with E-state index in [1.807, 2.05) is 30.3 Å². The number of aliphatic hydroxyl groups excluding tert-OH is 4. The van der Waals surface area contributed by atoms with Gasteiger partial charge >= 0.3 is 15.6 Å². The first kappa shape index (κ1) is 37.3. The van der Waals surface area contributed by atoms with E-state index in [0.717, 1.165) is 16.9 Å². The number of phosphoric acid groups is 2. The maximum Gasteiger partial charge on any atom is 0.481 e. The van der Waals surface area contributed by atoms with E-state index in [1.165, 1.54) is 16.3 Å². The number of thiazole rings is 1. The van der Waals surface area contributed by atoms with E-state index in [9.17, 15) is 44.1 Å². The first-order valence-electron chi connectivity index (χ1n) is 14.8. The van der Waals surface area contributed by atoms with Crippen LogP contribution in [0.4, 0.5) is 11.8 Å². The van der Waals surface area contributed by atoms with Gasteiger partial charge in [-0.3, -0.25) is 18.4 Å². The second-order valence-electron chi connectivity index (χ2n) is 11.3. The van der Waals surface area contributed by atoms with Gasteiger partial charge in [-0.25, -0.2) is 19.1 Å². The van der Waals surface area contributed by atoms with Crippen molar-refractivity contribution in [2.24, 2.45) is 5.73 Å². The number of anilines is 2. The van der Waals surface area contributed by atoms with Crippen LogP contribution in [-0.4, -0.2) is 110 Å². The molecule has 2 aliphatic heterocycles. The summed E-state index contributed by atoms with van der Waals surface area (Å²) in [6, 6.07) is 9.38. The number of rotatable bonds is 14. The summed E-state index contributed by atoms with van der Waals surface area (Å²) in [6.07, 6.45) is -10.9. The zero-order chi connectivity index (χ0) is 36.7. The van der Waals surface area contributed by atoms with Gasteiger partial charge in [0.15, 0.2) is 17.7 Å². The van der Waals surface area contributed by atoms with Gasteiger partial charge in [-0.2, -0.15) is 14.3 Å². The Kier molecular flexibility index (Phi) is 10.8. The molecule has 2 unspecified atom stereocenters. The highest BCUT2D eigenvalue weighted by Crippen LogP contribution is 2.61. The average molecular weight is 775 g/mol. The average Bonchev–Trinajstić information content (AvgIpc) is 3.85. The predicted molar refractivity (Wildman–Crippen MR) is 172 cm³/mol. The van der Waals surface area contributed by atoms with Crippen molar-refractivity contribution < 1.29 is 67.0 Å². The highest BCUT2D eigenvalue weighted by Gasteiger charge is 2.48. The topological polar surface area (TPSA) is 339 Å². The number of hydrogen-bond donors (Lipinski definition) is 9. The summed E-state index contributed by atoms with van der Waals surface area (Å²) in [5, 5.41) is 46.6. The largest absolute Gasteiger partial charge is 0.481 e. The standard InChI is InChI=1S/C26H32N8O14P2S/c27-21-15-23(33-26(32-21)29-6-11-4-2-1-3-5-11)34(10-30-15)25-19(38)17(36)14(47-25)8-45-50(42,43)48-49(40,41)44-7-13-16(35)18(37)20(46-13)24-31-12(9-51-24)22(28)39/h1-5,9-10,13-14,16-20,25,35-38H,6-8H2,(H2,28,39)(H,40,41)(H,42,43)(H3,27,29,32,33)/t13-,14-,16-,17-,18-,19-,20-,25-/m1/s1. The molecule has 0 radical (unpaired) electrons. The molecule has 10 atom stereocenters. The molecule has 2 saturated heterocycles. The van der Waals surface area contributed by atoms with Crippen LogP contribution in [0.25, 0.3) is 11.2 Å². The Morgan fingerprint density at radius 3 is 2.24 bits per heavy atom. The maximum absolute atomic E-state index is 12.6. The fraction of sp³-hybridized carbons (Fsp3) is 0.423. The molecule has 22 nitrogen and oxygen atoms in total. The molecule has 3 aromatic heterocycles. The molecular weight excluding hydrogens is 742 g/mol. The zero-order valence-electron chi connectivity index (χ0n) is 25.9. The van der Waals surface area contributed by atoms with Gasteiger partial charge in [0.2, 0.25) is 5.95 Å². The molecule has 1 amide bonds. The van der Waals surface area contributed by atoms with Crippen LogP contribution < -0.4 is 16.8 Å². The van der Waals surface area contributed by atoms with Crippen LogP contribution in [0.3, 0.4) is 0 Å². The monoisotopic (exact) mass is 774 g/mol. The van der Waals surface area contributed by atoms with Crippen molar-refractivity contribution in [3.05, 3.63) is 58.3 Å². The number of amides is 1. The third kappa shape index (κ3) is 8.27.